The highest BCUT2D eigenvalue weighted by molar-refractivity contribution is 5.95. The maximum absolute atomic E-state index is 13.6. The van der Waals surface area contributed by atoms with Gasteiger partial charge in [-0.2, -0.15) is 0 Å². The second-order valence-electron chi connectivity index (χ2n) is 5.18. The van der Waals surface area contributed by atoms with Crippen LogP contribution in [0.3, 0.4) is 0 Å². The van der Waals surface area contributed by atoms with Gasteiger partial charge in [0.15, 0.2) is 17.7 Å². The van der Waals surface area contributed by atoms with Crippen molar-refractivity contribution < 1.29 is 13.9 Å². The van der Waals surface area contributed by atoms with Crippen LogP contribution in [0.25, 0.3) is 0 Å². The van der Waals surface area contributed by atoms with Crippen molar-refractivity contribution in [3.05, 3.63) is 59.4 Å². The van der Waals surface area contributed by atoms with Gasteiger partial charge in [0, 0.05) is 5.69 Å². The maximum Gasteiger partial charge on any atom is 0.265 e. The van der Waals surface area contributed by atoms with Crippen LogP contribution in [0.1, 0.15) is 24.5 Å². The fraction of sp³-hybridized carbons (Fsp3) is 0.278. The van der Waals surface area contributed by atoms with E-state index in [9.17, 15) is 9.18 Å². The summed E-state index contributed by atoms with van der Waals surface area (Å²) in [4.78, 5) is 12.4. The number of nitrogens with one attached hydrogen (secondary N) is 1. The Labute approximate surface area is 130 Å². The quantitative estimate of drug-likeness (QED) is 0.897. The van der Waals surface area contributed by atoms with Crippen molar-refractivity contribution in [2.24, 2.45) is 0 Å². The van der Waals surface area contributed by atoms with Crippen LogP contribution in [0.15, 0.2) is 42.5 Å². The fourth-order valence-corrected chi connectivity index (χ4v) is 2.12. The monoisotopic (exact) mass is 301 g/mol. The summed E-state index contributed by atoms with van der Waals surface area (Å²) in [5.41, 5.74) is 2.86. The Morgan fingerprint density at radius 1 is 1.18 bits per heavy atom. The number of amides is 1. The van der Waals surface area contributed by atoms with E-state index in [0.717, 1.165) is 16.8 Å². The Morgan fingerprint density at radius 2 is 1.91 bits per heavy atom. The molecule has 2 aromatic rings. The van der Waals surface area contributed by atoms with E-state index < -0.39 is 11.9 Å². The number of rotatable bonds is 5. The summed E-state index contributed by atoms with van der Waals surface area (Å²) in [6.07, 6.45) is -0.290. The number of para-hydroxylation sites is 1. The van der Waals surface area contributed by atoms with Gasteiger partial charge in [0.25, 0.3) is 5.91 Å². The summed E-state index contributed by atoms with van der Waals surface area (Å²) < 4.78 is 19.1. The highest BCUT2D eigenvalue weighted by Gasteiger charge is 2.20. The molecule has 0 radical (unpaired) electrons. The molecule has 0 saturated heterocycles. The first-order valence-corrected chi connectivity index (χ1v) is 7.31. The first kappa shape index (κ1) is 16.0. The highest BCUT2D eigenvalue weighted by Crippen LogP contribution is 2.21. The minimum absolute atomic E-state index is 0.0884. The molecule has 1 amide bonds. The first-order valence-electron chi connectivity index (χ1n) is 7.31. The minimum atomic E-state index is -0.739. The number of aryl methyl sites for hydroxylation is 1. The molecule has 0 aromatic heterocycles. The van der Waals surface area contributed by atoms with Gasteiger partial charge in [0.05, 0.1) is 0 Å². The van der Waals surface area contributed by atoms with Gasteiger partial charge in [0.2, 0.25) is 0 Å². The van der Waals surface area contributed by atoms with Gasteiger partial charge in [-0.05, 0) is 49.6 Å². The molecule has 0 bridgehead atoms. The molecule has 1 N–H and O–H groups in total. The Hall–Kier alpha value is -2.36. The predicted molar refractivity (Wildman–Crippen MR) is 85.7 cm³/mol. The summed E-state index contributed by atoms with van der Waals surface area (Å²) in [6.45, 7) is 5.76. The van der Waals surface area contributed by atoms with E-state index in [1.165, 1.54) is 12.1 Å². The van der Waals surface area contributed by atoms with Crippen LogP contribution in [0.5, 0.6) is 5.75 Å². The van der Waals surface area contributed by atoms with E-state index >= 15 is 0 Å². The molecular weight excluding hydrogens is 281 g/mol. The van der Waals surface area contributed by atoms with Crippen molar-refractivity contribution in [1.29, 1.82) is 0 Å². The van der Waals surface area contributed by atoms with E-state index in [1.54, 1.807) is 12.1 Å². The molecule has 0 heterocycles. The number of benzene rings is 2. The minimum Gasteiger partial charge on any atom is -0.478 e. The third kappa shape index (κ3) is 3.64. The van der Waals surface area contributed by atoms with Crippen LogP contribution in [0.2, 0.25) is 0 Å². The Balaban J connectivity index is 2.12. The SMILES string of the molecule is CCC(Oc1ccccc1F)C(=O)Nc1cccc(C)c1C. The number of hydrogen-bond acceptors (Lipinski definition) is 2. The Morgan fingerprint density at radius 3 is 2.59 bits per heavy atom. The van der Waals surface area contributed by atoms with Gasteiger partial charge < -0.3 is 10.1 Å². The molecule has 1 unspecified atom stereocenters. The molecular formula is C18H20FNO2. The normalized spacial score (nSPS) is 11.8. The molecule has 1 atom stereocenters. The predicted octanol–water partition coefficient (Wildman–Crippen LogP) is 4.24. The highest BCUT2D eigenvalue weighted by atomic mass is 19.1. The molecule has 0 aliphatic rings. The number of carbonyl (C=O) groups excluding carboxylic acids is 1. The topological polar surface area (TPSA) is 38.3 Å². The van der Waals surface area contributed by atoms with Crippen LogP contribution < -0.4 is 10.1 Å². The summed E-state index contributed by atoms with van der Waals surface area (Å²) in [5, 5.41) is 2.86. The van der Waals surface area contributed by atoms with E-state index in [1.807, 2.05) is 39.0 Å². The van der Waals surface area contributed by atoms with Crippen LogP contribution in [-0.4, -0.2) is 12.0 Å². The van der Waals surface area contributed by atoms with Crippen molar-refractivity contribution >= 4 is 11.6 Å². The zero-order chi connectivity index (χ0) is 16.1. The van der Waals surface area contributed by atoms with Crippen LogP contribution >= 0.6 is 0 Å². The van der Waals surface area contributed by atoms with Gasteiger partial charge in [0.1, 0.15) is 0 Å². The average molecular weight is 301 g/mol. The van der Waals surface area contributed by atoms with Gasteiger partial charge in [-0.25, -0.2) is 4.39 Å². The lowest BCUT2D eigenvalue weighted by atomic mass is 10.1. The molecule has 0 fully saturated rings. The summed E-state index contributed by atoms with van der Waals surface area (Å²) in [5.74, 6) is -0.662. The van der Waals surface area contributed by atoms with Crippen LogP contribution in [-0.2, 0) is 4.79 Å². The molecule has 116 valence electrons. The smallest absolute Gasteiger partial charge is 0.265 e. The fourth-order valence-electron chi connectivity index (χ4n) is 2.12. The van der Waals surface area contributed by atoms with E-state index in [-0.39, 0.29) is 11.7 Å². The second kappa shape index (κ2) is 7.07. The van der Waals surface area contributed by atoms with Gasteiger partial charge in [-0.15, -0.1) is 0 Å². The maximum atomic E-state index is 13.6. The number of halogens is 1. The first-order chi connectivity index (χ1) is 10.5. The third-order valence-corrected chi connectivity index (χ3v) is 3.63. The average Bonchev–Trinajstić information content (AvgIpc) is 2.51. The van der Waals surface area contributed by atoms with Gasteiger partial charge >= 0.3 is 0 Å². The number of hydrogen-bond donors (Lipinski definition) is 1. The zero-order valence-corrected chi connectivity index (χ0v) is 13.0. The molecule has 0 spiro atoms. The molecule has 2 rings (SSSR count). The van der Waals surface area contributed by atoms with Crippen molar-refractivity contribution in [2.75, 3.05) is 5.32 Å². The summed E-state index contributed by atoms with van der Waals surface area (Å²) in [7, 11) is 0. The molecule has 0 aliphatic heterocycles. The number of anilines is 1. The summed E-state index contributed by atoms with van der Waals surface area (Å²) >= 11 is 0. The number of carbonyl (C=O) groups is 1. The molecule has 3 nitrogen and oxygen atoms in total. The Kier molecular flexibility index (Phi) is 5.15. The molecule has 22 heavy (non-hydrogen) atoms. The van der Waals surface area contributed by atoms with Crippen LogP contribution in [0.4, 0.5) is 10.1 Å². The zero-order valence-electron chi connectivity index (χ0n) is 13.0. The molecule has 4 heteroatoms. The molecule has 0 aliphatic carbocycles. The van der Waals surface area contributed by atoms with Crippen molar-refractivity contribution in [3.63, 3.8) is 0 Å². The molecule has 0 saturated carbocycles. The lowest BCUT2D eigenvalue weighted by molar-refractivity contribution is -0.122. The largest absolute Gasteiger partial charge is 0.478 e. The lowest BCUT2D eigenvalue weighted by Gasteiger charge is -2.18. The summed E-state index contributed by atoms with van der Waals surface area (Å²) in [6, 6.07) is 11.8. The van der Waals surface area contributed by atoms with Crippen molar-refractivity contribution in [2.45, 2.75) is 33.3 Å². The van der Waals surface area contributed by atoms with Crippen molar-refractivity contribution in [3.8, 4) is 5.75 Å². The Bertz CT molecular complexity index is 670. The third-order valence-electron chi connectivity index (χ3n) is 3.63. The lowest BCUT2D eigenvalue weighted by Crippen LogP contribution is -2.32. The van der Waals surface area contributed by atoms with E-state index in [4.69, 9.17) is 4.74 Å². The molecule has 2 aromatic carbocycles. The van der Waals surface area contributed by atoms with E-state index in [0.29, 0.717) is 6.42 Å². The standard InChI is InChI=1S/C18H20FNO2/c1-4-16(22-17-11-6-5-9-14(17)19)18(21)20-15-10-7-8-12(2)13(15)3/h5-11,16H,4H2,1-3H3,(H,20,21). The van der Waals surface area contributed by atoms with Gasteiger partial charge in [-0.3, -0.25) is 4.79 Å². The second-order valence-corrected chi connectivity index (χ2v) is 5.18. The van der Waals surface area contributed by atoms with Crippen LogP contribution in [0, 0.1) is 19.7 Å². The van der Waals surface area contributed by atoms with E-state index in [2.05, 4.69) is 5.32 Å². The number of ether oxygens (including phenoxy) is 1. The van der Waals surface area contributed by atoms with Gasteiger partial charge in [-0.1, -0.05) is 31.2 Å². The van der Waals surface area contributed by atoms with Crippen molar-refractivity contribution in [1.82, 2.24) is 0 Å².